The third-order valence-corrected chi connectivity index (χ3v) is 2.92. The highest BCUT2D eigenvalue weighted by molar-refractivity contribution is 5.94. The van der Waals surface area contributed by atoms with Crippen LogP contribution in [-0.2, 0) is 14.3 Å². The number of nitrogens with one attached hydrogen (secondary N) is 1. The summed E-state index contributed by atoms with van der Waals surface area (Å²) in [4.78, 5) is 12.1. The largest absolute Gasteiger partial charge is 0.395 e. The monoisotopic (exact) mass is 289 g/mol. The van der Waals surface area contributed by atoms with Gasteiger partial charge in [-0.15, -0.1) is 0 Å². The summed E-state index contributed by atoms with van der Waals surface area (Å²) in [6.07, 6.45) is -0.133. The van der Waals surface area contributed by atoms with E-state index in [1.165, 1.54) is 0 Å². The van der Waals surface area contributed by atoms with Crippen molar-refractivity contribution in [3.63, 3.8) is 0 Å². The third-order valence-electron chi connectivity index (χ3n) is 2.92. The normalized spacial score (nSPS) is 17.7. The molecule has 0 aliphatic carbocycles. The van der Waals surface area contributed by atoms with E-state index in [0.29, 0.717) is 25.3 Å². The van der Waals surface area contributed by atoms with Crippen LogP contribution in [0.3, 0.4) is 0 Å². The highest BCUT2D eigenvalue weighted by Crippen LogP contribution is 2.15. The van der Waals surface area contributed by atoms with Crippen molar-refractivity contribution in [1.29, 1.82) is 0 Å². The molecule has 1 heterocycles. The highest BCUT2D eigenvalue weighted by Gasteiger charge is 2.22. The zero-order valence-corrected chi connectivity index (χ0v) is 12.0. The van der Waals surface area contributed by atoms with Gasteiger partial charge < -0.3 is 19.9 Å². The summed E-state index contributed by atoms with van der Waals surface area (Å²) in [5.74, 6) is 5.61. The molecule has 1 fully saturated rings. The Morgan fingerprint density at radius 2 is 2.29 bits per heavy atom. The fraction of sp³-hybridized carbons (Fsp3) is 0.438. The number of benzene rings is 1. The first-order valence-electron chi connectivity index (χ1n) is 6.90. The molecule has 0 saturated carbocycles. The molecule has 1 amide bonds. The Balaban J connectivity index is 2.05. The van der Waals surface area contributed by atoms with Gasteiger partial charge in [-0.2, -0.15) is 0 Å². The molecule has 1 aromatic carbocycles. The van der Waals surface area contributed by atoms with E-state index >= 15 is 0 Å². The zero-order chi connectivity index (χ0) is 15.1. The van der Waals surface area contributed by atoms with Gasteiger partial charge in [-0.3, -0.25) is 4.79 Å². The Kier molecular flexibility index (Phi) is 5.76. The molecule has 112 valence electrons. The number of carbonyl (C=O) groups is 1. The Morgan fingerprint density at radius 3 is 3.00 bits per heavy atom. The summed E-state index contributed by atoms with van der Waals surface area (Å²) >= 11 is 0. The predicted octanol–water partition coefficient (Wildman–Crippen LogP) is 1.08. The summed E-state index contributed by atoms with van der Waals surface area (Å²) in [6.45, 7) is 3.22. The number of hydrogen-bond acceptors (Lipinski definition) is 4. The van der Waals surface area contributed by atoms with Gasteiger partial charge in [-0.25, -0.2) is 0 Å². The molecule has 0 radical (unpaired) electrons. The molecular formula is C16H19NO4. The highest BCUT2D eigenvalue weighted by atomic mass is 16.6. The predicted molar refractivity (Wildman–Crippen MR) is 78.9 cm³/mol. The summed E-state index contributed by atoms with van der Waals surface area (Å²) < 4.78 is 10.6. The van der Waals surface area contributed by atoms with Crippen LogP contribution >= 0.6 is 0 Å². The molecule has 2 N–H and O–H groups in total. The van der Waals surface area contributed by atoms with Gasteiger partial charge in [0.25, 0.3) is 5.91 Å². The van der Waals surface area contributed by atoms with Crippen molar-refractivity contribution in [3.05, 3.63) is 29.3 Å². The second-order valence-electron chi connectivity index (χ2n) is 4.79. The Labute approximate surface area is 124 Å². The van der Waals surface area contributed by atoms with Crippen LogP contribution in [0.1, 0.15) is 17.5 Å². The molecule has 1 aliphatic rings. The number of hydrogen-bond donors (Lipinski definition) is 2. The molecule has 0 aromatic heterocycles. The number of aliphatic hydroxyl groups excluding tert-OH is 1. The van der Waals surface area contributed by atoms with E-state index in [1.807, 2.05) is 19.1 Å². The first-order valence-corrected chi connectivity index (χ1v) is 6.90. The molecule has 21 heavy (non-hydrogen) atoms. The van der Waals surface area contributed by atoms with E-state index in [9.17, 15) is 4.79 Å². The Morgan fingerprint density at radius 1 is 1.43 bits per heavy atom. The van der Waals surface area contributed by atoms with Gasteiger partial charge in [0, 0.05) is 17.7 Å². The van der Waals surface area contributed by atoms with Crippen LogP contribution in [0.25, 0.3) is 0 Å². The van der Waals surface area contributed by atoms with Crippen LogP contribution in [-0.4, -0.2) is 43.5 Å². The van der Waals surface area contributed by atoms with Gasteiger partial charge in [-0.05, 0) is 30.7 Å². The van der Waals surface area contributed by atoms with Crippen LogP contribution in [0.2, 0.25) is 0 Å². The maximum absolute atomic E-state index is 12.1. The van der Waals surface area contributed by atoms with Gasteiger partial charge in [-0.1, -0.05) is 11.8 Å². The summed E-state index contributed by atoms with van der Waals surface area (Å²) in [5.41, 5.74) is 2.49. The number of amides is 1. The maximum atomic E-state index is 12.1. The first kappa shape index (κ1) is 15.5. The van der Waals surface area contributed by atoms with E-state index in [0.717, 1.165) is 11.1 Å². The second-order valence-corrected chi connectivity index (χ2v) is 4.79. The lowest BCUT2D eigenvalue weighted by Gasteiger charge is -2.22. The Hall–Kier alpha value is -1.87. The molecule has 0 spiro atoms. The fourth-order valence-electron chi connectivity index (χ4n) is 2.01. The van der Waals surface area contributed by atoms with Crippen molar-refractivity contribution in [3.8, 4) is 11.8 Å². The van der Waals surface area contributed by atoms with E-state index in [2.05, 4.69) is 17.2 Å². The number of rotatable bonds is 3. The second kappa shape index (κ2) is 7.79. The van der Waals surface area contributed by atoms with Crippen LogP contribution in [0.4, 0.5) is 5.69 Å². The van der Waals surface area contributed by atoms with Crippen molar-refractivity contribution < 1.29 is 19.4 Å². The fourth-order valence-corrected chi connectivity index (χ4v) is 2.01. The molecule has 0 bridgehead atoms. The Bertz CT molecular complexity index is 553. The van der Waals surface area contributed by atoms with Crippen LogP contribution in [0.15, 0.2) is 18.2 Å². The van der Waals surface area contributed by atoms with Crippen molar-refractivity contribution >= 4 is 11.6 Å². The van der Waals surface area contributed by atoms with Crippen molar-refractivity contribution in [1.82, 2.24) is 0 Å². The van der Waals surface area contributed by atoms with Crippen LogP contribution < -0.4 is 5.32 Å². The van der Waals surface area contributed by atoms with Gasteiger partial charge in [0.05, 0.1) is 26.4 Å². The molecule has 1 aromatic rings. The molecule has 1 unspecified atom stereocenters. The van der Waals surface area contributed by atoms with E-state index in [1.54, 1.807) is 6.07 Å². The standard InChI is InChI=1S/C16H19NO4/c1-12-8-13(4-2-3-5-18)10-14(9-12)17-16(19)15-11-20-6-7-21-15/h8-10,15,18H,3,5-7,11H2,1H3,(H,17,19). The number of aliphatic hydroxyl groups is 1. The van der Waals surface area contributed by atoms with Crippen LogP contribution in [0, 0.1) is 18.8 Å². The average Bonchev–Trinajstić information content (AvgIpc) is 2.48. The summed E-state index contributed by atoms with van der Waals surface area (Å²) in [7, 11) is 0. The van der Waals surface area contributed by atoms with E-state index in [-0.39, 0.29) is 19.1 Å². The minimum Gasteiger partial charge on any atom is -0.395 e. The quantitative estimate of drug-likeness (QED) is 0.817. The van der Waals surface area contributed by atoms with Gasteiger partial charge in [0.15, 0.2) is 6.10 Å². The summed E-state index contributed by atoms with van der Waals surface area (Å²) in [5, 5.41) is 11.6. The molecule has 1 atom stereocenters. The van der Waals surface area contributed by atoms with E-state index in [4.69, 9.17) is 14.6 Å². The van der Waals surface area contributed by atoms with E-state index < -0.39 is 6.10 Å². The molecule has 1 aliphatic heterocycles. The number of carbonyl (C=O) groups excluding carboxylic acids is 1. The molecule has 2 rings (SSSR count). The minimum atomic E-state index is -0.566. The van der Waals surface area contributed by atoms with Gasteiger partial charge in [0.1, 0.15) is 0 Å². The SMILES string of the molecule is Cc1cc(C#CCCO)cc(NC(=O)C2COCCO2)c1. The van der Waals surface area contributed by atoms with Gasteiger partial charge in [0.2, 0.25) is 0 Å². The molecule has 1 saturated heterocycles. The summed E-state index contributed by atoms with van der Waals surface area (Å²) in [6, 6.07) is 5.61. The average molecular weight is 289 g/mol. The van der Waals surface area contributed by atoms with Crippen molar-refractivity contribution in [2.45, 2.75) is 19.4 Å². The number of anilines is 1. The number of ether oxygens (including phenoxy) is 2. The van der Waals surface area contributed by atoms with Crippen molar-refractivity contribution in [2.75, 3.05) is 31.7 Å². The van der Waals surface area contributed by atoms with Crippen molar-refractivity contribution in [2.24, 2.45) is 0 Å². The molecule has 5 nitrogen and oxygen atoms in total. The molecule has 5 heteroatoms. The number of aryl methyl sites for hydroxylation is 1. The molecular weight excluding hydrogens is 270 g/mol. The lowest BCUT2D eigenvalue weighted by molar-refractivity contribution is -0.142. The minimum absolute atomic E-state index is 0.0431. The maximum Gasteiger partial charge on any atom is 0.255 e. The van der Waals surface area contributed by atoms with Gasteiger partial charge >= 0.3 is 0 Å². The van der Waals surface area contributed by atoms with Crippen LogP contribution in [0.5, 0.6) is 0 Å². The first-order chi connectivity index (χ1) is 10.2. The smallest absolute Gasteiger partial charge is 0.255 e. The topological polar surface area (TPSA) is 67.8 Å². The lowest BCUT2D eigenvalue weighted by Crippen LogP contribution is -2.39. The lowest BCUT2D eigenvalue weighted by atomic mass is 10.1. The third kappa shape index (κ3) is 4.87. The zero-order valence-electron chi connectivity index (χ0n) is 12.0.